The monoisotopic (exact) mass is 283 g/mol. The molecule has 0 aromatic rings. The molecule has 1 atom stereocenters. The Morgan fingerprint density at radius 3 is 2.68 bits per heavy atom. The third kappa shape index (κ3) is 4.12. The van der Waals surface area contributed by atoms with Gasteiger partial charge in [-0.05, 0) is 26.7 Å². The fraction of sp³-hybridized carbons (Fsp3) is 0.857. The van der Waals surface area contributed by atoms with Crippen LogP contribution in [0.25, 0.3) is 0 Å². The number of hydrogen-bond donors (Lipinski definition) is 1. The number of hydrogen-bond acceptors (Lipinski definition) is 4. The molecule has 1 aliphatic rings. The van der Waals surface area contributed by atoms with Crippen LogP contribution in [-0.2, 0) is 4.79 Å². The van der Waals surface area contributed by atoms with Crippen molar-refractivity contribution < 1.29 is 4.79 Å². The lowest BCUT2D eigenvalue weighted by molar-refractivity contribution is -0.125. The van der Waals surface area contributed by atoms with Crippen molar-refractivity contribution in [2.75, 3.05) is 24.6 Å². The topological polar surface area (TPSA) is 56.1 Å². The fourth-order valence-corrected chi connectivity index (χ4v) is 3.16. The molecule has 4 nitrogen and oxygen atoms in total. The maximum atomic E-state index is 12.2. The van der Waals surface area contributed by atoms with E-state index in [4.69, 9.17) is 0 Å². The summed E-state index contributed by atoms with van der Waals surface area (Å²) in [5, 5.41) is 12.1. The van der Waals surface area contributed by atoms with Crippen LogP contribution in [0.2, 0.25) is 0 Å². The van der Waals surface area contributed by atoms with Crippen molar-refractivity contribution in [3.05, 3.63) is 0 Å². The molecule has 1 saturated heterocycles. The van der Waals surface area contributed by atoms with Crippen LogP contribution in [0.5, 0.6) is 0 Å². The van der Waals surface area contributed by atoms with E-state index in [0.29, 0.717) is 6.54 Å². The molecule has 0 bridgehead atoms. The molecular weight excluding hydrogens is 258 g/mol. The molecule has 1 fully saturated rings. The zero-order valence-corrected chi connectivity index (χ0v) is 13.4. The molecule has 1 aliphatic heterocycles. The number of carbonyl (C=O) groups is 1. The number of nitrogens with one attached hydrogen (secondary N) is 1. The minimum Gasteiger partial charge on any atom is -0.337 e. The minimum atomic E-state index is -0.786. The molecule has 0 aliphatic carbocycles. The van der Waals surface area contributed by atoms with Gasteiger partial charge in [0.2, 0.25) is 5.91 Å². The van der Waals surface area contributed by atoms with Gasteiger partial charge in [0.05, 0.1) is 12.6 Å². The Bertz CT molecular complexity index is 375. The van der Waals surface area contributed by atoms with Crippen LogP contribution in [-0.4, -0.2) is 46.5 Å². The Morgan fingerprint density at radius 1 is 1.58 bits per heavy atom. The molecule has 1 amide bonds. The van der Waals surface area contributed by atoms with Crippen LogP contribution in [0, 0.1) is 17.2 Å². The van der Waals surface area contributed by atoms with E-state index in [-0.39, 0.29) is 17.4 Å². The Kier molecular flexibility index (Phi) is 5.28. The quantitative estimate of drug-likeness (QED) is 0.856. The van der Waals surface area contributed by atoms with Gasteiger partial charge in [-0.3, -0.25) is 9.69 Å². The normalized spacial score (nSPS) is 22.6. The molecule has 0 aromatic heterocycles. The van der Waals surface area contributed by atoms with Crippen molar-refractivity contribution in [1.82, 2.24) is 10.2 Å². The predicted octanol–water partition coefficient (Wildman–Crippen LogP) is 1.87. The number of carbonyl (C=O) groups excluding carboxylic acids is 1. The van der Waals surface area contributed by atoms with Gasteiger partial charge in [-0.15, -0.1) is 0 Å². The highest BCUT2D eigenvalue weighted by molar-refractivity contribution is 7.99. The zero-order valence-electron chi connectivity index (χ0n) is 12.6. The molecule has 108 valence electrons. The number of nitrogens with zero attached hydrogens (tertiary/aromatic N) is 2. The van der Waals surface area contributed by atoms with Gasteiger partial charge < -0.3 is 5.32 Å². The van der Waals surface area contributed by atoms with Crippen LogP contribution >= 0.6 is 11.8 Å². The van der Waals surface area contributed by atoms with Gasteiger partial charge in [-0.25, -0.2) is 0 Å². The number of amides is 1. The van der Waals surface area contributed by atoms with Crippen molar-refractivity contribution in [1.29, 1.82) is 5.26 Å². The van der Waals surface area contributed by atoms with E-state index in [1.54, 1.807) is 6.92 Å². The summed E-state index contributed by atoms with van der Waals surface area (Å²) in [6.45, 7) is 11.3. The fourth-order valence-electron chi connectivity index (χ4n) is 1.99. The second kappa shape index (κ2) is 6.15. The molecule has 0 radical (unpaired) electrons. The van der Waals surface area contributed by atoms with Gasteiger partial charge in [0.1, 0.15) is 5.54 Å². The molecule has 1 heterocycles. The summed E-state index contributed by atoms with van der Waals surface area (Å²) in [4.78, 5) is 14.4. The van der Waals surface area contributed by atoms with Crippen molar-refractivity contribution in [2.24, 2.45) is 5.92 Å². The summed E-state index contributed by atoms with van der Waals surface area (Å²) in [6.07, 6.45) is 0. The lowest BCUT2D eigenvalue weighted by atomic mass is 9.90. The van der Waals surface area contributed by atoms with E-state index in [1.807, 2.05) is 25.6 Å². The third-order valence-electron chi connectivity index (χ3n) is 3.94. The van der Waals surface area contributed by atoms with E-state index in [0.717, 1.165) is 18.1 Å². The van der Waals surface area contributed by atoms with Crippen molar-refractivity contribution in [3.8, 4) is 6.07 Å². The van der Waals surface area contributed by atoms with Crippen LogP contribution in [0.4, 0.5) is 0 Å². The first kappa shape index (κ1) is 16.3. The molecule has 19 heavy (non-hydrogen) atoms. The molecule has 0 saturated carbocycles. The van der Waals surface area contributed by atoms with Crippen molar-refractivity contribution >= 4 is 17.7 Å². The number of nitriles is 1. The van der Waals surface area contributed by atoms with Crippen LogP contribution < -0.4 is 5.32 Å². The summed E-state index contributed by atoms with van der Waals surface area (Å²) < 4.78 is 0. The van der Waals surface area contributed by atoms with Gasteiger partial charge in [0.25, 0.3) is 0 Å². The maximum Gasteiger partial charge on any atom is 0.235 e. The molecule has 1 unspecified atom stereocenters. The summed E-state index contributed by atoms with van der Waals surface area (Å²) in [5.74, 6) is 2.14. The van der Waals surface area contributed by atoms with Crippen molar-refractivity contribution in [2.45, 2.75) is 45.7 Å². The molecular formula is C14H25N3OS. The Hall–Kier alpha value is -0.730. The van der Waals surface area contributed by atoms with Gasteiger partial charge in [0.15, 0.2) is 0 Å². The first-order valence-electron chi connectivity index (χ1n) is 6.76. The average Bonchev–Trinajstić information content (AvgIpc) is 2.31. The lowest BCUT2D eigenvalue weighted by Gasteiger charge is -2.42. The van der Waals surface area contributed by atoms with Gasteiger partial charge in [0, 0.05) is 23.6 Å². The van der Waals surface area contributed by atoms with Crippen LogP contribution in [0.1, 0.15) is 34.6 Å². The van der Waals surface area contributed by atoms with Crippen LogP contribution in [0.3, 0.4) is 0 Å². The largest absolute Gasteiger partial charge is 0.337 e. The minimum absolute atomic E-state index is 0.0428. The van der Waals surface area contributed by atoms with Crippen LogP contribution in [0.15, 0.2) is 0 Å². The molecule has 0 spiro atoms. The van der Waals surface area contributed by atoms with E-state index in [1.165, 1.54) is 0 Å². The van der Waals surface area contributed by atoms with Gasteiger partial charge >= 0.3 is 0 Å². The highest BCUT2D eigenvalue weighted by Crippen LogP contribution is 2.25. The first-order chi connectivity index (χ1) is 8.71. The second-order valence-electron chi connectivity index (χ2n) is 6.30. The predicted molar refractivity (Wildman–Crippen MR) is 80.0 cm³/mol. The summed E-state index contributed by atoms with van der Waals surface area (Å²) in [7, 11) is 0. The molecule has 1 N–H and O–H groups in total. The van der Waals surface area contributed by atoms with Gasteiger partial charge in [-0.1, -0.05) is 13.8 Å². The van der Waals surface area contributed by atoms with E-state index in [2.05, 4.69) is 30.1 Å². The van der Waals surface area contributed by atoms with Gasteiger partial charge in [-0.2, -0.15) is 17.0 Å². The smallest absolute Gasteiger partial charge is 0.235 e. The number of rotatable bonds is 4. The third-order valence-corrected chi connectivity index (χ3v) is 5.32. The van der Waals surface area contributed by atoms with Crippen molar-refractivity contribution in [3.63, 3.8) is 0 Å². The Balaban J connectivity index is 2.63. The maximum absolute atomic E-state index is 12.2. The summed E-state index contributed by atoms with van der Waals surface area (Å²) in [5.41, 5.74) is -0.743. The Labute approximate surface area is 120 Å². The zero-order chi connectivity index (χ0) is 14.7. The Morgan fingerprint density at radius 2 is 2.21 bits per heavy atom. The highest BCUT2D eigenvalue weighted by atomic mass is 32.2. The standard InChI is InChI=1S/C14H25N3OS/c1-11(2)14(5,9-15)16-12(18)8-17-6-7-19-10-13(17,3)4/h11H,6-8,10H2,1-5H3,(H,16,18). The second-order valence-corrected chi connectivity index (χ2v) is 7.41. The number of thioether (sulfide) groups is 1. The first-order valence-corrected chi connectivity index (χ1v) is 7.92. The highest BCUT2D eigenvalue weighted by Gasteiger charge is 2.34. The molecule has 0 aromatic carbocycles. The van der Waals surface area contributed by atoms with E-state index >= 15 is 0 Å². The lowest BCUT2D eigenvalue weighted by Crippen LogP contribution is -2.57. The average molecular weight is 283 g/mol. The molecule has 5 heteroatoms. The SMILES string of the molecule is CC(C)C(C)(C#N)NC(=O)CN1CCSCC1(C)C. The summed E-state index contributed by atoms with van der Waals surface area (Å²) in [6, 6.07) is 2.21. The molecule has 1 rings (SSSR count). The van der Waals surface area contributed by atoms with E-state index in [9.17, 15) is 10.1 Å². The van der Waals surface area contributed by atoms with E-state index < -0.39 is 5.54 Å². The summed E-state index contributed by atoms with van der Waals surface area (Å²) >= 11 is 1.93.